The number of carbonyl (C=O) groups excluding carboxylic acids is 1. The van der Waals surface area contributed by atoms with Gasteiger partial charge in [-0.05, 0) is 56.8 Å². The van der Waals surface area contributed by atoms with Gasteiger partial charge in [-0.25, -0.2) is 0 Å². The second kappa shape index (κ2) is 9.61. The summed E-state index contributed by atoms with van der Waals surface area (Å²) in [5.74, 6) is 1.10. The first kappa shape index (κ1) is 22.1. The lowest BCUT2D eigenvalue weighted by molar-refractivity contribution is 0.0990. The highest BCUT2D eigenvalue weighted by Gasteiger charge is 2.22. The minimum absolute atomic E-state index is 0.0472. The lowest BCUT2D eigenvalue weighted by atomic mass is 9.99. The molecule has 1 aliphatic carbocycles. The summed E-state index contributed by atoms with van der Waals surface area (Å²) in [6.07, 6.45) is 5.93. The number of nitrogens with one attached hydrogen (secondary N) is 1. The Balaban J connectivity index is 1.51. The third kappa shape index (κ3) is 4.88. The second-order valence-corrected chi connectivity index (χ2v) is 8.95. The molecule has 4 rings (SSSR count). The minimum Gasteiger partial charge on any atom is -0.507 e. The fourth-order valence-corrected chi connectivity index (χ4v) is 4.33. The number of likely N-dealkylation sites (N-methyl/N-ethyl adjacent to an activating group) is 1. The number of rotatable bonds is 8. The van der Waals surface area contributed by atoms with Crippen LogP contribution >= 0.6 is 0 Å². The van der Waals surface area contributed by atoms with E-state index in [1.165, 1.54) is 25.7 Å². The standard InChI is InChI=1S/C25H32N4O3/c1-28(2)12-13-32-19-10-8-18(9-11-19)29(3)25(31)21-15-20-22(14-17-6-4-5-7-17)26-27-23(20)16-24(21)30/h8-11,15-17,30H,4-7,12-14H2,1-3H3,(H,26,27). The van der Waals surface area contributed by atoms with Crippen molar-refractivity contribution in [1.29, 1.82) is 0 Å². The molecule has 1 aliphatic rings. The van der Waals surface area contributed by atoms with Crippen LogP contribution in [0.4, 0.5) is 5.69 Å². The van der Waals surface area contributed by atoms with E-state index in [1.807, 2.05) is 38.4 Å². The predicted molar refractivity (Wildman–Crippen MR) is 127 cm³/mol. The number of H-pyrrole nitrogens is 1. The van der Waals surface area contributed by atoms with E-state index in [9.17, 15) is 9.90 Å². The maximum absolute atomic E-state index is 13.2. The first-order chi connectivity index (χ1) is 15.4. The van der Waals surface area contributed by atoms with Gasteiger partial charge in [-0.3, -0.25) is 9.89 Å². The Morgan fingerprint density at radius 3 is 2.56 bits per heavy atom. The van der Waals surface area contributed by atoms with Gasteiger partial charge in [-0.15, -0.1) is 0 Å². The van der Waals surface area contributed by atoms with Crippen LogP contribution in [0.1, 0.15) is 41.7 Å². The van der Waals surface area contributed by atoms with Crippen molar-refractivity contribution >= 4 is 22.5 Å². The first-order valence-corrected chi connectivity index (χ1v) is 11.3. The summed E-state index contributed by atoms with van der Waals surface area (Å²) in [6.45, 7) is 1.43. The Bertz CT molecular complexity index is 1070. The number of anilines is 1. The third-order valence-electron chi connectivity index (χ3n) is 6.28. The Hall–Kier alpha value is -3.06. The maximum atomic E-state index is 13.2. The van der Waals surface area contributed by atoms with Crippen LogP contribution in [0.3, 0.4) is 0 Å². The van der Waals surface area contributed by atoms with Crippen molar-refractivity contribution in [2.24, 2.45) is 5.92 Å². The quantitative estimate of drug-likeness (QED) is 0.553. The number of nitrogens with zero attached hydrogens (tertiary/aromatic N) is 3. The van der Waals surface area contributed by atoms with Crippen LogP contribution in [0.15, 0.2) is 36.4 Å². The third-order valence-corrected chi connectivity index (χ3v) is 6.28. The largest absolute Gasteiger partial charge is 0.507 e. The Kier molecular flexibility index (Phi) is 6.65. The molecule has 1 amide bonds. The van der Waals surface area contributed by atoms with Crippen LogP contribution in [0, 0.1) is 5.92 Å². The molecule has 32 heavy (non-hydrogen) atoms. The fourth-order valence-electron chi connectivity index (χ4n) is 4.33. The molecule has 1 aromatic heterocycles. The number of aromatic nitrogens is 2. The van der Waals surface area contributed by atoms with Gasteiger partial charge in [0.05, 0.1) is 16.8 Å². The Morgan fingerprint density at radius 1 is 1.16 bits per heavy atom. The SMILES string of the molecule is CN(C)CCOc1ccc(N(C)C(=O)c2cc3c(CC4CCCC4)n[nH]c3cc2O)cc1. The zero-order valence-electron chi connectivity index (χ0n) is 19.1. The van der Waals surface area contributed by atoms with E-state index in [4.69, 9.17) is 4.74 Å². The van der Waals surface area contributed by atoms with Crippen LogP contribution in [0.25, 0.3) is 10.9 Å². The summed E-state index contributed by atoms with van der Waals surface area (Å²) in [4.78, 5) is 16.8. The smallest absolute Gasteiger partial charge is 0.261 e. The molecule has 2 N–H and O–H groups in total. The van der Waals surface area contributed by atoms with Crippen LogP contribution < -0.4 is 9.64 Å². The van der Waals surface area contributed by atoms with Gasteiger partial charge in [0.1, 0.15) is 18.1 Å². The molecule has 0 radical (unpaired) electrons. The highest BCUT2D eigenvalue weighted by molar-refractivity contribution is 6.09. The summed E-state index contributed by atoms with van der Waals surface area (Å²) in [5.41, 5.74) is 2.74. The number of hydrogen-bond donors (Lipinski definition) is 2. The van der Waals surface area contributed by atoms with Gasteiger partial charge < -0.3 is 19.6 Å². The van der Waals surface area contributed by atoms with Gasteiger partial charge in [-0.2, -0.15) is 5.10 Å². The van der Waals surface area contributed by atoms with Gasteiger partial charge in [-0.1, -0.05) is 25.7 Å². The van der Waals surface area contributed by atoms with Crippen molar-refractivity contribution in [1.82, 2.24) is 15.1 Å². The summed E-state index contributed by atoms with van der Waals surface area (Å²) in [6, 6.07) is 10.8. The normalized spacial score (nSPS) is 14.4. The molecule has 1 heterocycles. The molecular formula is C25H32N4O3. The number of carbonyl (C=O) groups is 1. The molecule has 2 aromatic carbocycles. The number of ether oxygens (including phenoxy) is 1. The molecule has 7 heteroatoms. The fraction of sp³-hybridized carbons (Fsp3) is 0.440. The molecule has 0 unspecified atom stereocenters. The van der Waals surface area contributed by atoms with Crippen LogP contribution in [0.2, 0.25) is 0 Å². The van der Waals surface area contributed by atoms with Gasteiger partial charge in [0.2, 0.25) is 0 Å². The maximum Gasteiger partial charge on any atom is 0.261 e. The van der Waals surface area contributed by atoms with E-state index >= 15 is 0 Å². The number of aromatic hydroxyl groups is 1. The molecule has 1 fully saturated rings. The molecule has 0 spiro atoms. The lowest BCUT2D eigenvalue weighted by Gasteiger charge is -2.19. The molecule has 0 atom stereocenters. The summed E-state index contributed by atoms with van der Waals surface area (Å²) >= 11 is 0. The molecule has 1 saturated carbocycles. The monoisotopic (exact) mass is 436 g/mol. The minimum atomic E-state index is -0.265. The van der Waals surface area contributed by atoms with Crippen molar-refractivity contribution in [3.63, 3.8) is 0 Å². The van der Waals surface area contributed by atoms with Gasteiger partial charge >= 0.3 is 0 Å². The lowest BCUT2D eigenvalue weighted by Crippen LogP contribution is -2.26. The van der Waals surface area contributed by atoms with E-state index < -0.39 is 0 Å². The predicted octanol–water partition coefficient (Wildman–Crippen LogP) is 4.22. The molecule has 0 saturated heterocycles. The van der Waals surface area contributed by atoms with Crippen molar-refractivity contribution in [2.45, 2.75) is 32.1 Å². The number of hydrogen-bond acceptors (Lipinski definition) is 5. The van der Waals surface area contributed by atoms with E-state index in [0.717, 1.165) is 41.0 Å². The number of aromatic amines is 1. The van der Waals surface area contributed by atoms with Crippen molar-refractivity contribution in [2.75, 3.05) is 39.2 Å². The van der Waals surface area contributed by atoms with E-state index in [1.54, 1.807) is 24.1 Å². The van der Waals surface area contributed by atoms with E-state index in [0.29, 0.717) is 12.5 Å². The van der Waals surface area contributed by atoms with Crippen LogP contribution in [-0.2, 0) is 6.42 Å². The van der Waals surface area contributed by atoms with E-state index in [2.05, 4.69) is 15.1 Å². The van der Waals surface area contributed by atoms with Gasteiger partial charge in [0.25, 0.3) is 5.91 Å². The molecule has 7 nitrogen and oxygen atoms in total. The second-order valence-electron chi connectivity index (χ2n) is 8.95. The number of fused-ring (bicyclic) bond motifs is 1. The highest BCUT2D eigenvalue weighted by atomic mass is 16.5. The van der Waals surface area contributed by atoms with Crippen molar-refractivity contribution in [3.8, 4) is 11.5 Å². The Labute approximate surface area is 189 Å². The number of phenolic OH excluding ortho intramolecular Hbond substituents is 1. The average molecular weight is 437 g/mol. The molecule has 0 bridgehead atoms. The summed E-state index contributed by atoms with van der Waals surface area (Å²) in [5, 5.41) is 18.9. The average Bonchev–Trinajstić information content (AvgIpc) is 3.43. The molecule has 3 aromatic rings. The van der Waals surface area contributed by atoms with Gasteiger partial charge in [0.15, 0.2) is 0 Å². The summed E-state index contributed by atoms with van der Waals surface area (Å²) in [7, 11) is 5.71. The zero-order valence-corrected chi connectivity index (χ0v) is 19.1. The molecular weight excluding hydrogens is 404 g/mol. The topological polar surface area (TPSA) is 81.7 Å². The summed E-state index contributed by atoms with van der Waals surface area (Å²) < 4.78 is 5.73. The van der Waals surface area contributed by atoms with Gasteiger partial charge in [0, 0.05) is 30.7 Å². The van der Waals surface area contributed by atoms with E-state index in [-0.39, 0.29) is 17.2 Å². The number of amides is 1. The first-order valence-electron chi connectivity index (χ1n) is 11.3. The molecule has 170 valence electrons. The number of benzene rings is 2. The van der Waals surface area contributed by atoms with Crippen molar-refractivity contribution in [3.05, 3.63) is 47.7 Å². The zero-order chi connectivity index (χ0) is 22.7. The number of phenols is 1. The van der Waals surface area contributed by atoms with Crippen LogP contribution in [-0.4, -0.2) is 60.4 Å². The molecule has 0 aliphatic heterocycles. The van der Waals surface area contributed by atoms with Crippen LogP contribution in [0.5, 0.6) is 11.5 Å². The van der Waals surface area contributed by atoms with Crippen molar-refractivity contribution < 1.29 is 14.6 Å². The highest BCUT2D eigenvalue weighted by Crippen LogP contribution is 2.32. The Morgan fingerprint density at radius 2 is 1.88 bits per heavy atom.